The minimum atomic E-state index is -0.858. The lowest BCUT2D eigenvalue weighted by atomic mass is 10.0. The van der Waals surface area contributed by atoms with Crippen molar-refractivity contribution in [1.82, 2.24) is 0 Å². The number of benzene rings is 1. The van der Waals surface area contributed by atoms with Crippen molar-refractivity contribution in [3.63, 3.8) is 0 Å². The molecule has 3 nitrogen and oxygen atoms in total. The molecule has 1 aromatic rings. The van der Waals surface area contributed by atoms with E-state index in [-0.39, 0.29) is 6.04 Å². The molecule has 118 valence electrons. The number of nitrogens with one attached hydrogen (secondary N) is 1. The molecular formula is C17H27NO2S. The molecule has 0 aliphatic carbocycles. The van der Waals surface area contributed by atoms with Crippen molar-refractivity contribution < 1.29 is 9.90 Å². The lowest BCUT2D eigenvalue weighted by Gasteiger charge is -2.18. The highest BCUT2D eigenvalue weighted by atomic mass is 32.2. The van der Waals surface area contributed by atoms with Crippen molar-refractivity contribution in [2.75, 3.05) is 11.1 Å². The number of carboxylic acids is 1. The molecule has 0 saturated carbocycles. The minimum Gasteiger partial charge on any atom is -0.478 e. The summed E-state index contributed by atoms with van der Waals surface area (Å²) in [5.74, 6) is 0.729. The maximum Gasteiger partial charge on any atom is 0.338 e. The van der Waals surface area contributed by atoms with Crippen LogP contribution in [0, 0.1) is 5.92 Å². The highest BCUT2D eigenvalue weighted by Gasteiger charge is 2.16. The van der Waals surface area contributed by atoms with Crippen LogP contribution in [-0.2, 0) is 0 Å². The van der Waals surface area contributed by atoms with Crippen LogP contribution in [-0.4, -0.2) is 22.9 Å². The summed E-state index contributed by atoms with van der Waals surface area (Å²) in [6.45, 7) is 8.61. The molecule has 0 spiro atoms. The molecule has 0 fully saturated rings. The van der Waals surface area contributed by atoms with Gasteiger partial charge in [-0.1, -0.05) is 39.7 Å². The number of carboxylic acid groups (broad SMARTS) is 1. The van der Waals surface area contributed by atoms with Crippen LogP contribution in [0.3, 0.4) is 0 Å². The molecule has 0 aromatic heterocycles. The first-order valence-electron chi connectivity index (χ1n) is 7.71. The summed E-state index contributed by atoms with van der Waals surface area (Å²) in [6.07, 6.45) is 3.43. The molecule has 0 radical (unpaired) electrons. The Morgan fingerprint density at radius 1 is 1.29 bits per heavy atom. The molecule has 1 atom stereocenters. The molecule has 0 bridgehead atoms. The van der Waals surface area contributed by atoms with Crippen LogP contribution in [0.5, 0.6) is 0 Å². The average molecular weight is 309 g/mol. The molecule has 1 unspecified atom stereocenters. The number of rotatable bonds is 9. The van der Waals surface area contributed by atoms with Gasteiger partial charge in [-0.3, -0.25) is 0 Å². The summed E-state index contributed by atoms with van der Waals surface area (Å²) < 4.78 is 0. The average Bonchev–Trinajstić information content (AvgIpc) is 2.38. The van der Waals surface area contributed by atoms with E-state index in [1.165, 1.54) is 6.42 Å². The summed E-state index contributed by atoms with van der Waals surface area (Å²) in [4.78, 5) is 12.4. The molecule has 0 aliphatic rings. The van der Waals surface area contributed by atoms with Crippen molar-refractivity contribution in [1.29, 1.82) is 0 Å². The number of aromatic carboxylic acids is 1. The van der Waals surface area contributed by atoms with E-state index in [0.717, 1.165) is 35.1 Å². The maximum atomic E-state index is 11.5. The number of thioether (sulfide) groups is 1. The number of hydrogen-bond donors (Lipinski definition) is 2. The Morgan fingerprint density at radius 3 is 2.57 bits per heavy atom. The van der Waals surface area contributed by atoms with Crippen molar-refractivity contribution in [3.8, 4) is 0 Å². The first-order valence-corrected chi connectivity index (χ1v) is 8.69. The van der Waals surface area contributed by atoms with Gasteiger partial charge in [-0.15, -0.1) is 11.8 Å². The predicted molar refractivity (Wildman–Crippen MR) is 91.6 cm³/mol. The van der Waals surface area contributed by atoms with Crippen LogP contribution >= 0.6 is 11.8 Å². The zero-order valence-electron chi connectivity index (χ0n) is 13.5. The highest BCUT2D eigenvalue weighted by Crippen LogP contribution is 2.29. The molecule has 0 heterocycles. The van der Waals surface area contributed by atoms with Gasteiger partial charge in [-0.05, 0) is 37.1 Å². The molecular weight excluding hydrogens is 282 g/mol. The fraction of sp³-hybridized carbons (Fsp3) is 0.588. The van der Waals surface area contributed by atoms with Gasteiger partial charge in [0, 0.05) is 10.9 Å². The fourth-order valence-electron chi connectivity index (χ4n) is 2.32. The van der Waals surface area contributed by atoms with Gasteiger partial charge in [0.05, 0.1) is 11.3 Å². The summed E-state index contributed by atoms with van der Waals surface area (Å²) >= 11 is 1.57. The Labute approximate surface area is 132 Å². The highest BCUT2D eigenvalue weighted by molar-refractivity contribution is 7.99. The standard InChI is InChI=1S/C17H27NO2S/c1-5-21-15-11-7-10-14(16(15)17(19)20)18-13(4)9-6-8-12(2)3/h7,10-13,18H,5-6,8-9H2,1-4H3,(H,19,20). The Morgan fingerprint density at radius 2 is 2.00 bits per heavy atom. The van der Waals surface area contributed by atoms with Gasteiger partial charge in [0.25, 0.3) is 0 Å². The second-order valence-corrected chi connectivity index (χ2v) is 7.09. The van der Waals surface area contributed by atoms with Gasteiger partial charge in [-0.25, -0.2) is 4.79 Å². The number of carbonyl (C=O) groups is 1. The second-order valence-electron chi connectivity index (χ2n) is 5.79. The second kappa shape index (κ2) is 8.98. The molecule has 1 aromatic carbocycles. The third kappa shape index (κ3) is 6.00. The first-order chi connectivity index (χ1) is 9.95. The van der Waals surface area contributed by atoms with E-state index in [0.29, 0.717) is 5.56 Å². The van der Waals surface area contributed by atoms with E-state index in [1.807, 2.05) is 25.1 Å². The number of anilines is 1. The third-order valence-electron chi connectivity index (χ3n) is 3.36. The van der Waals surface area contributed by atoms with Gasteiger partial charge in [0.1, 0.15) is 0 Å². The van der Waals surface area contributed by atoms with Crippen molar-refractivity contribution in [2.45, 2.75) is 57.9 Å². The Balaban J connectivity index is 2.77. The van der Waals surface area contributed by atoms with E-state index in [4.69, 9.17) is 0 Å². The van der Waals surface area contributed by atoms with E-state index < -0.39 is 5.97 Å². The maximum absolute atomic E-state index is 11.5. The van der Waals surface area contributed by atoms with Crippen LogP contribution < -0.4 is 5.32 Å². The summed E-state index contributed by atoms with van der Waals surface area (Å²) in [5.41, 5.74) is 1.14. The molecule has 2 N–H and O–H groups in total. The molecule has 1 rings (SSSR count). The van der Waals surface area contributed by atoms with Gasteiger partial charge in [0.15, 0.2) is 0 Å². The minimum absolute atomic E-state index is 0.281. The third-order valence-corrected chi connectivity index (χ3v) is 4.30. The van der Waals surface area contributed by atoms with Crippen LogP contribution in [0.2, 0.25) is 0 Å². The summed E-state index contributed by atoms with van der Waals surface area (Å²) in [6, 6.07) is 5.95. The van der Waals surface area contributed by atoms with Gasteiger partial charge >= 0.3 is 5.97 Å². The molecule has 0 saturated heterocycles. The van der Waals surface area contributed by atoms with Crippen LogP contribution in [0.15, 0.2) is 23.1 Å². The van der Waals surface area contributed by atoms with Gasteiger partial charge in [-0.2, -0.15) is 0 Å². The van der Waals surface area contributed by atoms with Crippen LogP contribution in [0.4, 0.5) is 5.69 Å². The zero-order chi connectivity index (χ0) is 15.8. The van der Waals surface area contributed by atoms with E-state index in [1.54, 1.807) is 11.8 Å². The molecule has 4 heteroatoms. The van der Waals surface area contributed by atoms with Crippen molar-refractivity contribution in [2.24, 2.45) is 5.92 Å². The molecule has 0 aliphatic heterocycles. The Kier molecular flexibility index (Phi) is 7.65. The predicted octanol–water partition coefficient (Wildman–Crippen LogP) is 5.12. The number of hydrogen-bond acceptors (Lipinski definition) is 3. The fourth-order valence-corrected chi connectivity index (χ4v) is 3.15. The van der Waals surface area contributed by atoms with Gasteiger partial charge in [0.2, 0.25) is 0 Å². The van der Waals surface area contributed by atoms with E-state index >= 15 is 0 Å². The zero-order valence-corrected chi connectivity index (χ0v) is 14.3. The van der Waals surface area contributed by atoms with Crippen LogP contribution in [0.1, 0.15) is 57.3 Å². The molecule has 21 heavy (non-hydrogen) atoms. The topological polar surface area (TPSA) is 49.3 Å². The lowest BCUT2D eigenvalue weighted by molar-refractivity contribution is 0.0694. The normalized spacial score (nSPS) is 12.4. The summed E-state index contributed by atoms with van der Waals surface area (Å²) in [7, 11) is 0. The van der Waals surface area contributed by atoms with Crippen molar-refractivity contribution >= 4 is 23.4 Å². The quantitative estimate of drug-likeness (QED) is 0.621. The van der Waals surface area contributed by atoms with E-state index in [9.17, 15) is 9.90 Å². The lowest BCUT2D eigenvalue weighted by Crippen LogP contribution is -2.18. The monoisotopic (exact) mass is 309 g/mol. The van der Waals surface area contributed by atoms with Crippen LogP contribution in [0.25, 0.3) is 0 Å². The Bertz CT molecular complexity index is 460. The van der Waals surface area contributed by atoms with Gasteiger partial charge < -0.3 is 10.4 Å². The first kappa shape index (κ1) is 17.9. The smallest absolute Gasteiger partial charge is 0.338 e. The largest absolute Gasteiger partial charge is 0.478 e. The van der Waals surface area contributed by atoms with E-state index in [2.05, 4.69) is 26.1 Å². The SMILES string of the molecule is CCSc1cccc(NC(C)CCCC(C)C)c1C(=O)O. The van der Waals surface area contributed by atoms with Crippen molar-refractivity contribution in [3.05, 3.63) is 23.8 Å². The molecule has 0 amide bonds. The summed E-state index contributed by atoms with van der Waals surface area (Å²) in [5, 5.41) is 12.9. The Hall–Kier alpha value is -1.16.